The number of benzene rings is 1. The van der Waals surface area contributed by atoms with E-state index in [1.54, 1.807) is 20.8 Å². The summed E-state index contributed by atoms with van der Waals surface area (Å²) in [5.74, 6) is 0. The third kappa shape index (κ3) is 9.02. The molecule has 0 aromatic heterocycles. The zero-order valence-corrected chi connectivity index (χ0v) is 14.6. The van der Waals surface area contributed by atoms with Gasteiger partial charge in [0.15, 0.2) is 0 Å². The number of nitrogens with one attached hydrogen (secondary N) is 2. The van der Waals surface area contributed by atoms with Gasteiger partial charge in [-0.05, 0) is 39.2 Å². The van der Waals surface area contributed by atoms with Gasteiger partial charge in [0.05, 0.1) is 0 Å². The number of ether oxygens (including phenoxy) is 2. The van der Waals surface area contributed by atoms with Crippen LogP contribution in [0.25, 0.3) is 0 Å². The molecular weight excluding hydrogens is 308 g/mol. The second kappa shape index (κ2) is 9.80. The van der Waals surface area contributed by atoms with Crippen LogP contribution >= 0.6 is 0 Å². The van der Waals surface area contributed by atoms with Gasteiger partial charge in [-0.3, -0.25) is 0 Å². The minimum absolute atomic E-state index is 0.168. The normalized spacial score (nSPS) is 12.2. The van der Waals surface area contributed by atoms with Crippen molar-refractivity contribution in [3.05, 3.63) is 42.8 Å². The third-order valence-corrected chi connectivity index (χ3v) is 2.94. The maximum atomic E-state index is 11.9. The van der Waals surface area contributed by atoms with Crippen LogP contribution < -0.4 is 10.6 Å². The molecule has 1 unspecified atom stereocenters. The summed E-state index contributed by atoms with van der Waals surface area (Å²) in [5.41, 5.74) is 0.288. The van der Waals surface area contributed by atoms with Crippen molar-refractivity contribution in [2.45, 2.75) is 58.4 Å². The molecule has 0 aliphatic rings. The number of carbonyl (C=O) groups excluding carboxylic acids is 2. The van der Waals surface area contributed by atoms with Gasteiger partial charge in [0.25, 0.3) is 0 Å². The average molecular weight is 335 g/mol. The van der Waals surface area contributed by atoms with E-state index in [4.69, 9.17) is 9.47 Å². The first-order chi connectivity index (χ1) is 11.3. The molecule has 2 N–H and O–H groups in total. The molecule has 0 spiro atoms. The van der Waals surface area contributed by atoms with E-state index < -0.39 is 24.0 Å². The Morgan fingerprint density at radius 2 is 1.75 bits per heavy atom. The van der Waals surface area contributed by atoms with Gasteiger partial charge in [-0.15, -0.1) is 0 Å². The summed E-state index contributed by atoms with van der Waals surface area (Å²) in [6, 6.07) is 9.37. The van der Waals surface area contributed by atoms with Crippen LogP contribution in [0.15, 0.2) is 30.3 Å². The summed E-state index contributed by atoms with van der Waals surface area (Å²) in [6.07, 6.45) is 0.254. The Morgan fingerprint density at radius 3 is 2.33 bits per heavy atom. The van der Waals surface area contributed by atoms with Crippen LogP contribution in [-0.2, 0) is 16.1 Å². The second-order valence-corrected chi connectivity index (χ2v) is 6.40. The van der Waals surface area contributed by atoms with Gasteiger partial charge >= 0.3 is 12.2 Å². The quantitative estimate of drug-likeness (QED) is 0.744. The molecule has 0 bridgehead atoms. The summed E-state index contributed by atoms with van der Waals surface area (Å²) in [6.45, 7) is 9.26. The number of alkyl carbamates (subject to hydrolysis) is 2. The first-order valence-corrected chi connectivity index (χ1v) is 8.06. The summed E-state index contributed by atoms with van der Waals surface area (Å²) in [4.78, 5) is 23.8. The fraction of sp³-hybridized carbons (Fsp3) is 0.500. The second-order valence-electron chi connectivity index (χ2n) is 6.40. The van der Waals surface area contributed by atoms with Gasteiger partial charge in [0.2, 0.25) is 0 Å². The molecule has 2 amide bonds. The van der Waals surface area contributed by atoms with Gasteiger partial charge in [-0.2, -0.15) is 0 Å². The Balaban J connectivity index is 2.48. The van der Waals surface area contributed by atoms with E-state index in [-0.39, 0.29) is 6.61 Å². The first kappa shape index (κ1) is 19.8. The SMILES string of the molecule is [CH2]CCCC(NC(=O)OCc1ccccc1)NC(=O)OC(C)(C)C. The lowest BCUT2D eigenvalue weighted by molar-refractivity contribution is 0.0488. The van der Waals surface area contributed by atoms with E-state index in [2.05, 4.69) is 17.6 Å². The molecule has 24 heavy (non-hydrogen) atoms. The number of hydrogen-bond acceptors (Lipinski definition) is 4. The van der Waals surface area contributed by atoms with Crippen LogP contribution in [-0.4, -0.2) is 24.0 Å². The molecule has 1 radical (unpaired) electrons. The van der Waals surface area contributed by atoms with Crippen LogP contribution in [0.5, 0.6) is 0 Å². The predicted octanol–water partition coefficient (Wildman–Crippen LogP) is 3.77. The molecule has 0 aliphatic heterocycles. The first-order valence-electron chi connectivity index (χ1n) is 8.06. The highest BCUT2D eigenvalue weighted by Gasteiger charge is 2.20. The lowest BCUT2D eigenvalue weighted by Gasteiger charge is -2.24. The molecular formula is C18H27N2O4. The van der Waals surface area contributed by atoms with Crippen molar-refractivity contribution >= 4 is 12.2 Å². The zero-order chi connectivity index (χ0) is 18.0. The largest absolute Gasteiger partial charge is 0.445 e. The zero-order valence-electron chi connectivity index (χ0n) is 14.6. The molecule has 133 valence electrons. The smallest absolute Gasteiger partial charge is 0.409 e. The Hall–Kier alpha value is -2.24. The molecule has 6 nitrogen and oxygen atoms in total. The van der Waals surface area contributed by atoms with E-state index in [1.807, 2.05) is 30.3 Å². The number of amides is 2. The van der Waals surface area contributed by atoms with Crippen LogP contribution in [0.4, 0.5) is 9.59 Å². The third-order valence-electron chi connectivity index (χ3n) is 2.94. The Bertz CT molecular complexity index is 512. The molecule has 1 aromatic rings. The van der Waals surface area contributed by atoms with Crippen molar-refractivity contribution in [1.29, 1.82) is 0 Å². The fourth-order valence-corrected chi connectivity index (χ4v) is 1.89. The van der Waals surface area contributed by atoms with Gasteiger partial charge in [0, 0.05) is 0 Å². The van der Waals surface area contributed by atoms with Crippen molar-refractivity contribution in [2.24, 2.45) is 0 Å². The number of carbonyl (C=O) groups is 2. The summed E-state index contributed by atoms with van der Waals surface area (Å²) in [7, 11) is 0. The lowest BCUT2D eigenvalue weighted by atomic mass is 10.2. The maximum absolute atomic E-state index is 11.9. The fourth-order valence-electron chi connectivity index (χ4n) is 1.89. The van der Waals surface area contributed by atoms with E-state index in [0.717, 1.165) is 12.0 Å². The lowest BCUT2D eigenvalue weighted by Crippen LogP contribution is -2.49. The van der Waals surface area contributed by atoms with E-state index in [1.165, 1.54) is 0 Å². The van der Waals surface area contributed by atoms with Crippen molar-refractivity contribution < 1.29 is 19.1 Å². The highest BCUT2D eigenvalue weighted by Crippen LogP contribution is 2.08. The van der Waals surface area contributed by atoms with Crippen LogP contribution in [0.1, 0.15) is 45.6 Å². The van der Waals surface area contributed by atoms with Crippen molar-refractivity contribution in [2.75, 3.05) is 0 Å². The number of unbranched alkanes of at least 4 members (excludes halogenated alkanes) is 1. The molecule has 0 aliphatic carbocycles. The van der Waals surface area contributed by atoms with E-state index >= 15 is 0 Å². The Morgan fingerprint density at radius 1 is 1.12 bits per heavy atom. The Kier molecular flexibility index (Phi) is 8.09. The van der Waals surface area contributed by atoms with E-state index in [9.17, 15) is 9.59 Å². The van der Waals surface area contributed by atoms with Gasteiger partial charge in [0.1, 0.15) is 18.4 Å². The van der Waals surface area contributed by atoms with Crippen molar-refractivity contribution in [3.63, 3.8) is 0 Å². The molecule has 1 rings (SSSR count). The van der Waals surface area contributed by atoms with Gasteiger partial charge < -0.3 is 20.1 Å². The maximum Gasteiger partial charge on any atom is 0.409 e. The van der Waals surface area contributed by atoms with Crippen molar-refractivity contribution in [1.82, 2.24) is 10.6 Å². The van der Waals surface area contributed by atoms with E-state index in [0.29, 0.717) is 12.8 Å². The predicted molar refractivity (Wildman–Crippen MR) is 92.1 cm³/mol. The van der Waals surface area contributed by atoms with Crippen molar-refractivity contribution in [3.8, 4) is 0 Å². The molecule has 6 heteroatoms. The van der Waals surface area contributed by atoms with Crippen LogP contribution in [0.3, 0.4) is 0 Å². The highest BCUT2D eigenvalue weighted by atomic mass is 16.6. The topological polar surface area (TPSA) is 76.7 Å². The van der Waals surface area contributed by atoms with Crippen LogP contribution in [0.2, 0.25) is 0 Å². The standard InChI is InChI=1S/C18H27N2O4/c1-5-6-12-15(20-17(22)24-18(2,3)4)19-16(21)23-13-14-10-8-7-9-11-14/h7-11,15H,1,5-6,12-13H2,2-4H3,(H,19,21)(H,20,22). The number of hydrogen-bond donors (Lipinski definition) is 2. The summed E-state index contributed by atoms with van der Waals surface area (Å²) in [5, 5.41) is 5.27. The Labute approximate surface area is 143 Å². The minimum atomic E-state index is -0.602. The summed E-state index contributed by atoms with van der Waals surface area (Å²) < 4.78 is 10.4. The molecule has 0 saturated heterocycles. The average Bonchev–Trinajstić information content (AvgIpc) is 2.49. The molecule has 1 atom stereocenters. The monoisotopic (exact) mass is 335 g/mol. The minimum Gasteiger partial charge on any atom is -0.445 e. The molecule has 0 saturated carbocycles. The summed E-state index contributed by atoms with van der Waals surface area (Å²) >= 11 is 0. The molecule has 0 heterocycles. The van der Waals surface area contributed by atoms with Gasteiger partial charge in [-0.1, -0.05) is 43.7 Å². The molecule has 1 aromatic carbocycles. The number of rotatable bonds is 7. The highest BCUT2D eigenvalue weighted by molar-refractivity contribution is 5.71. The molecule has 0 fully saturated rings. The van der Waals surface area contributed by atoms with Crippen LogP contribution in [0, 0.1) is 6.92 Å². The van der Waals surface area contributed by atoms with Gasteiger partial charge in [-0.25, -0.2) is 9.59 Å².